The number of hydrogen-bond donors (Lipinski definition) is 2. The highest BCUT2D eigenvalue weighted by Crippen LogP contribution is 2.43. The number of benzene rings is 2. The third-order valence-corrected chi connectivity index (χ3v) is 8.48. The summed E-state index contributed by atoms with van der Waals surface area (Å²) in [5.41, 5.74) is 0.849. The molecule has 2 N–H and O–H groups in total. The first-order chi connectivity index (χ1) is 17.5. The Kier molecular flexibility index (Phi) is 6.54. The molecule has 3 aromatic rings. The normalized spacial score (nSPS) is 25.6. The quantitative estimate of drug-likeness (QED) is 0.402. The van der Waals surface area contributed by atoms with Crippen LogP contribution in [-0.4, -0.2) is 60.3 Å². The van der Waals surface area contributed by atoms with Crippen molar-refractivity contribution in [2.24, 2.45) is 11.8 Å². The first kappa shape index (κ1) is 24.0. The van der Waals surface area contributed by atoms with Crippen LogP contribution in [0.5, 0.6) is 11.5 Å². The van der Waals surface area contributed by atoms with Gasteiger partial charge in [0.15, 0.2) is 17.3 Å². The average molecular weight is 532 g/mol. The van der Waals surface area contributed by atoms with Gasteiger partial charge in [0.1, 0.15) is 24.9 Å². The first-order valence-corrected chi connectivity index (χ1v) is 13.1. The van der Waals surface area contributed by atoms with Crippen molar-refractivity contribution < 1.29 is 13.9 Å². The van der Waals surface area contributed by atoms with Crippen LogP contribution in [0.15, 0.2) is 30.6 Å². The van der Waals surface area contributed by atoms with Crippen LogP contribution in [0.4, 0.5) is 15.9 Å². The average Bonchev–Trinajstić information content (AvgIpc) is 3.31. The molecule has 3 fully saturated rings. The summed E-state index contributed by atoms with van der Waals surface area (Å²) in [6.07, 6.45) is 5.06. The highest BCUT2D eigenvalue weighted by Gasteiger charge is 2.46. The number of likely N-dealkylation sites (N-methyl/N-ethyl adjacent to an activating group) is 1. The van der Waals surface area contributed by atoms with Crippen LogP contribution in [0, 0.1) is 17.7 Å². The van der Waals surface area contributed by atoms with Crippen LogP contribution >= 0.6 is 23.2 Å². The number of ether oxygens (including phenoxy) is 2. The fraction of sp³-hybridized carbons (Fsp3) is 0.462. The zero-order valence-electron chi connectivity index (χ0n) is 19.9. The van der Waals surface area contributed by atoms with Crippen LogP contribution in [0.2, 0.25) is 10.0 Å². The van der Waals surface area contributed by atoms with E-state index in [0.29, 0.717) is 52.7 Å². The molecular formula is C26H28Cl2FN5O2. The third kappa shape index (κ3) is 4.45. The van der Waals surface area contributed by atoms with E-state index in [-0.39, 0.29) is 21.8 Å². The van der Waals surface area contributed by atoms with E-state index >= 15 is 0 Å². The van der Waals surface area contributed by atoms with E-state index in [1.807, 2.05) is 12.1 Å². The maximum absolute atomic E-state index is 14.8. The number of aromatic nitrogens is 2. The molecule has 0 spiro atoms. The Hall–Kier alpha value is -2.39. The lowest BCUT2D eigenvalue weighted by Gasteiger charge is -2.49. The predicted molar refractivity (Wildman–Crippen MR) is 139 cm³/mol. The zero-order valence-corrected chi connectivity index (χ0v) is 21.4. The number of nitrogens with one attached hydrogen (secondary N) is 2. The molecule has 1 unspecified atom stereocenters. The summed E-state index contributed by atoms with van der Waals surface area (Å²) in [5, 5.41) is 7.22. The van der Waals surface area contributed by atoms with Gasteiger partial charge in [0.2, 0.25) is 0 Å². The van der Waals surface area contributed by atoms with Gasteiger partial charge in [-0.15, -0.1) is 0 Å². The molecule has 2 saturated heterocycles. The standard InChI is InChI=1S/C26H28Cl2FN5O2/c1-34-6-2-3-16(34)12-35-21-9-20-17(8-22(21)36-25-14-7-15(25)11-30-10-14)26(32-13-31-20)33-19-5-4-18(27)23(28)24(19)29/h4-5,8-9,13-16,25,30H,2-3,6-7,10-12H2,1H3,(H,31,32,33)/t14-,15+,16-,25?/m1/s1. The zero-order chi connectivity index (χ0) is 24.8. The third-order valence-electron chi connectivity index (χ3n) is 7.70. The smallest absolute Gasteiger partial charge is 0.166 e. The highest BCUT2D eigenvalue weighted by atomic mass is 35.5. The molecule has 36 heavy (non-hydrogen) atoms. The molecule has 0 amide bonds. The molecule has 2 aliphatic heterocycles. The van der Waals surface area contributed by atoms with Gasteiger partial charge in [-0.05, 0) is 51.1 Å². The second-order valence-corrected chi connectivity index (χ2v) is 10.8. The number of nitrogens with zero attached hydrogens (tertiary/aromatic N) is 3. The van der Waals surface area contributed by atoms with Crippen molar-refractivity contribution in [1.29, 1.82) is 0 Å². The monoisotopic (exact) mass is 531 g/mol. The molecule has 3 heterocycles. The van der Waals surface area contributed by atoms with Crippen molar-refractivity contribution in [3.8, 4) is 11.5 Å². The molecule has 2 bridgehead atoms. The minimum Gasteiger partial charge on any atom is -0.488 e. The number of likely N-dealkylation sites (tertiary alicyclic amines) is 1. The van der Waals surface area contributed by atoms with Gasteiger partial charge in [0.05, 0.1) is 21.2 Å². The van der Waals surface area contributed by atoms with E-state index in [1.54, 1.807) is 6.07 Å². The van der Waals surface area contributed by atoms with Crippen molar-refractivity contribution in [3.05, 3.63) is 46.5 Å². The molecule has 7 nitrogen and oxygen atoms in total. The summed E-state index contributed by atoms with van der Waals surface area (Å²) in [4.78, 5) is 11.2. The lowest BCUT2D eigenvalue weighted by atomic mass is 9.69. The van der Waals surface area contributed by atoms with E-state index in [9.17, 15) is 4.39 Å². The highest BCUT2D eigenvalue weighted by molar-refractivity contribution is 6.42. The molecule has 2 aromatic carbocycles. The lowest BCUT2D eigenvalue weighted by molar-refractivity contribution is -0.0459. The molecule has 1 aromatic heterocycles. The number of anilines is 2. The Morgan fingerprint density at radius 2 is 2.00 bits per heavy atom. The molecule has 10 heteroatoms. The fourth-order valence-electron chi connectivity index (χ4n) is 5.53. The molecule has 4 atom stereocenters. The summed E-state index contributed by atoms with van der Waals surface area (Å²) < 4.78 is 27.7. The van der Waals surface area contributed by atoms with Gasteiger partial charge in [-0.3, -0.25) is 0 Å². The van der Waals surface area contributed by atoms with Gasteiger partial charge in [-0.1, -0.05) is 23.2 Å². The topological polar surface area (TPSA) is 71.5 Å². The molecule has 1 aliphatic carbocycles. The number of rotatable bonds is 7. The Morgan fingerprint density at radius 3 is 2.75 bits per heavy atom. The Bertz CT molecular complexity index is 1280. The number of hydrogen-bond acceptors (Lipinski definition) is 7. The van der Waals surface area contributed by atoms with Gasteiger partial charge >= 0.3 is 0 Å². The van der Waals surface area contributed by atoms with Crippen molar-refractivity contribution in [2.75, 3.05) is 38.6 Å². The lowest BCUT2D eigenvalue weighted by Crippen LogP contribution is -2.59. The van der Waals surface area contributed by atoms with Crippen LogP contribution in [0.1, 0.15) is 19.3 Å². The van der Waals surface area contributed by atoms with Crippen LogP contribution in [-0.2, 0) is 0 Å². The molecule has 1 saturated carbocycles. The Labute approximate surface area is 219 Å². The minimum atomic E-state index is -0.636. The Balaban J connectivity index is 1.35. The summed E-state index contributed by atoms with van der Waals surface area (Å²) >= 11 is 12.0. The first-order valence-electron chi connectivity index (χ1n) is 12.4. The number of piperidine rings is 2. The van der Waals surface area contributed by atoms with E-state index in [1.165, 1.54) is 25.2 Å². The van der Waals surface area contributed by atoms with Crippen molar-refractivity contribution in [1.82, 2.24) is 20.2 Å². The van der Waals surface area contributed by atoms with Gasteiger partial charge in [0, 0.05) is 42.4 Å². The molecule has 0 radical (unpaired) electrons. The minimum absolute atomic E-state index is 0.137. The summed E-state index contributed by atoms with van der Waals surface area (Å²) in [5.74, 6) is 2.12. The molecule has 6 rings (SSSR count). The van der Waals surface area contributed by atoms with E-state index < -0.39 is 5.82 Å². The molecular weight excluding hydrogens is 504 g/mol. The van der Waals surface area contributed by atoms with Gasteiger partial charge < -0.3 is 25.0 Å². The maximum Gasteiger partial charge on any atom is 0.166 e. The maximum atomic E-state index is 14.8. The van der Waals surface area contributed by atoms with E-state index in [2.05, 4.69) is 32.5 Å². The summed E-state index contributed by atoms with van der Waals surface area (Å²) in [6.45, 7) is 3.60. The second kappa shape index (κ2) is 9.82. The van der Waals surface area contributed by atoms with E-state index in [4.69, 9.17) is 32.7 Å². The van der Waals surface area contributed by atoms with Crippen LogP contribution in [0.3, 0.4) is 0 Å². The molecule has 3 aliphatic rings. The predicted octanol–water partition coefficient (Wildman–Crippen LogP) is 5.28. The van der Waals surface area contributed by atoms with E-state index in [0.717, 1.165) is 26.1 Å². The summed E-state index contributed by atoms with van der Waals surface area (Å²) in [6, 6.07) is 7.25. The fourth-order valence-corrected chi connectivity index (χ4v) is 5.84. The SMILES string of the molecule is CN1CCC[C@@H]1COc1cc2ncnc(Nc3ccc(Cl)c(Cl)c3F)c2cc1OC1[C@@H]2CNC[C@H]1C2. The van der Waals surface area contributed by atoms with Gasteiger partial charge in [-0.25, -0.2) is 14.4 Å². The molecule has 190 valence electrons. The number of halogens is 3. The van der Waals surface area contributed by atoms with Crippen molar-refractivity contribution in [3.63, 3.8) is 0 Å². The largest absolute Gasteiger partial charge is 0.488 e. The van der Waals surface area contributed by atoms with Crippen LogP contribution in [0.25, 0.3) is 10.9 Å². The van der Waals surface area contributed by atoms with Crippen molar-refractivity contribution in [2.45, 2.75) is 31.4 Å². The second-order valence-electron chi connectivity index (χ2n) is 9.97. The number of fused-ring (bicyclic) bond motifs is 3. The Morgan fingerprint density at radius 1 is 1.17 bits per heavy atom. The summed E-state index contributed by atoms with van der Waals surface area (Å²) in [7, 11) is 2.13. The van der Waals surface area contributed by atoms with Crippen molar-refractivity contribution >= 4 is 45.6 Å². The van der Waals surface area contributed by atoms with Crippen LogP contribution < -0.4 is 20.1 Å². The van der Waals surface area contributed by atoms with Gasteiger partial charge in [0.25, 0.3) is 0 Å². The van der Waals surface area contributed by atoms with Gasteiger partial charge in [-0.2, -0.15) is 0 Å².